The zero-order valence-corrected chi connectivity index (χ0v) is 13.0. The first-order valence-corrected chi connectivity index (χ1v) is 6.95. The molecule has 5 nitrogen and oxygen atoms in total. The van der Waals surface area contributed by atoms with Crippen LogP contribution in [0.2, 0.25) is 0 Å². The number of halogens is 6. The molecule has 11 heteroatoms. The van der Waals surface area contributed by atoms with Crippen LogP contribution in [0.25, 0.3) is 5.69 Å². The predicted molar refractivity (Wildman–Crippen MR) is 74.1 cm³/mol. The summed E-state index contributed by atoms with van der Waals surface area (Å²) in [6.07, 6.45) is -9.96. The molecule has 0 saturated carbocycles. The second-order valence-electron chi connectivity index (χ2n) is 5.06. The maximum absolute atomic E-state index is 12.9. The van der Waals surface area contributed by atoms with E-state index in [2.05, 4.69) is 15.6 Å². The van der Waals surface area contributed by atoms with Crippen LogP contribution in [-0.2, 0) is 12.4 Å². The molecular weight excluding hydrogens is 354 g/mol. The van der Waals surface area contributed by atoms with E-state index in [1.165, 1.54) is 6.92 Å². The van der Waals surface area contributed by atoms with Crippen LogP contribution < -0.4 is 5.32 Å². The van der Waals surface area contributed by atoms with Crippen LogP contribution in [-0.4, -0.2) is 27.4 Å². The lowest BCUT2D eigenvalue weighted by Gasteiger charge is -2.14. The van der Waals surface area contributed by atoms with Gasteiger partial charge in [-0.15, -0.1) is 5.10 Å². The Bertz CT molecular complexity index is 761. The molecule has 0 atom stereocenters. The SMILES string of the molecule is CCNC(=O)c1nnn(-c2cc(C(F)(F)F)cc(C(F)(F)F)c2)c1C. The van der Waals surface area contributed by atoms with Gasteiger partial charge in [0.05, 0.1) is 22.5 Å². The maximum Gasteiger partial charge on any atom is 0.416 e. The maximum atomic E-state index is 12.9. The summed E-state index contributed by atoms with van der Waals surface area (Å²) in [5, 5.41) is 9.46. The molecular formula is C14H12F6N4O. The minimum absolute atomic E-state index is 0.0124. The Kier molecular flexibility index (Phi) is 4.78. The van der Waals surface area contributed by atoms with Crippen LogP contribution in [0, 0.1) is 6.92 Å². The number of amides is 1. The fourth-order valence-corrected chi connectivity index (χ4v) is 2.09. The van der Waals surface area contributed by atoms with Gasteiger partial charge >= 0.3 is 12.4 Å². The van der Waals surface area contributed by atoms with Crippen molar-refractivity contribution in [3.63, 3.8) is 0 Å². The molecule has 25 heavy (non-hydrogen) atoms. The number of aromatic nitrogens is 3. The topological polar surface area (TPSA) is 59.8 Å². The first kappa shape index (κ1) is 18.7. The molecule has 0 bridgehead atoms. The van der Waals surface area contributed by atoms with Crippen molar-refractivity contribution in [3.05, 3.63) is 40.7 Å². The minimum Gasteiger partial charge on any atom is -0.351 e. The number of carbonyl (C=O) groups is 1. The molecule has 1 aromatic carbocycles. The van der Waals surface area contributed by atoms with E-state index < -0.39 is 35.1 Å². The van der Waals surface area contributed by atoms with E-state index in [9.17, 15) is 31.1 Å². The number of alkyl halides is 6. The molecule has 1 amide bonds. The molecule has 0 fully saturated rings. The van der Waals surface area contributed by atoms with Crippen molar-refractivity contribution >= 4 is 5.91 Å². The van der Waals surface area contributed by atoms with Crippen molar-refractivity contribution in [3.8, 4) is 5.69 Å². The van der Waals surface area contributed by atoms with E-state index >= 15 is 0 Å². The normalized spacial score (nSPS) is 12.3. The highest BCUT2D eigenvalue weighted by molar-refractivity contribution is 5.93. The lowest BCUT2D eigenvalue weighted by atomic mass is 10.1. The summed E-state index contributed by atoms with van der Waals surface area (Å²) in [6, 6.07) is 1.04. The van der Waals surface area contributed by atoms with Gasteiger partial charge in [-0.25, -0.2) is 4.68 Å². The van der Waals surface area contributed by atoms with Crippen molar-refractivity contribution < 1.29 is 31.1 Å². The summed E-state index contributed by atoms with van der Waals surface area (Å²) >= 11 is 0. The van der Waals surface area contributed by atoms with Crippen LogP contribution in [0.5, 0.6) is 0 Å². The first-order valence-electron chi connectivity index (χ1n) is 6.95. The summed E-state index contributed by atoms with van der Waals surface area (Å²) in [5.74, 6) is -0.630. The highest BCUT2D eigenvalue weighted by atomic mass is 19.4. The van der Waals surface area contributed by atoms with Gasteiger partial charge in [0.15, 0.2) is 5.69 Å². The van der Waals surface area contributed by atoms with Gasteiger partial charge in [-0.3, -0.25) is 4.79 Å². The summed E-state index contributed by atoms with van der Waals surface area (Å²) < 4.78 is 78.2. The van der Waals surface area contributed by atoms with Gasteiger partial charge in [0.2, 0.25) is 0 Å². The smallest absolute Gasteiger partial charge is 0.351 e. The largest absolute Gasteiger partial charge is 0.416 e. The van der Waals surface area contributed by atoms with E-state index in [0.29, 0.717) is 12.1 Å². The molecule has 0 aliphatic carbocycles. The van der Waals surface area contributed by atoms with Gasteiger partial charge in [0.25, 0.3) is 5.91 Å². The fourth-order valence-electron chi connectivity index (χ4n) is 2.09. The molecule has 1 aromatic heterocycles. The van der Waals surface area contributed by atoms with Gasteiger partial charge in [0.1, 0.15) is 0 Å². The lowest BCUT2D eigenvalue weighted by molar-refractivity contribution is -0.143. The van der Waals surface area contributed by atoms with E-state index in [1.54, 1.807) is 6.92 Å². The molecule has 0 spiro atoms. The Balaban J connectivity index is 2.61. The van der Waals surface area contributed by atoms with Crippen LogP contribution >= 0.6 is 0 Å². The highest BCUT2D eigenvalue weighted by Gasteiger charge is 2.37. The van der Waals surface area contributed by atoms with Crippen LogP contribution in [0.15, 0.2) is 18.2 Å². The zero-order valence-electron chi connectivity index (χ0n) is 13.0. The molecule has 1 N–H and O–H groups in total. The van der Waals surface area contributed by atoms with E-state index in [4.69, 9.17) is 0 Å². The Hall–Kier alpha value is -2.59. The Morgan fingerprint density at radius 1 is 1.08 bits per heavy atom. The minimum atomic E-state index is -4.98. The molecule has 0 radical (unpaired) electrons. The third-order valence-corrected chi connectivity index (χ3v) is 3.26. The van der Waals surface area contributed by atoms with E-state index in [-0.39, 0.29) is 24.0 Å². The second-order valence-corrected chi connectivity index (χ2v) is 5.06. The number of nitrogens with zero attached hydrogens (tertiary/aromatic N) is 3. The van der Waals surface area contributed by atoms with Crippen molar-refractivity contribution in [1.29, 1.82) is 0 Å². The van der Waals surface area contributed by atoms with Crippen molar-refractivity contribution in [2.24, 2.45) is 0 Å². The standard InChI is InChI=1S/C14H12F6N4O/c1-3-21-12(25)11-7(2)24(23-22-11)10-5-8(13(15,16)17)4-9(6-10)14(18,19)20/h4-6H,3H2,1-2H3,(H,21,25). The molecule has 136 valence electrons. The molecule has 0 unspecified atom stereocenters. The second kappa shape index (κ2) is 6.37. The first-order chi connectivity index (χ1) is 11.4. The van der Waals surface area contributed by atoms with Crippen LogP contribution in [0.1, 0.15) is 34.2 Å². The van der Waals surface area contributed by atoms with E-state index in [0.717, 1.165) is 4.68 Å². The van der Waals surface area contributed by atoms with Gasteiger partial charge in [0, 0.05) is 6.54 Å². The van der Waals surface area contributed by atoms with Crippen LogP contribution in [0.4, 0.5) is 26.3 Å². The summed E-state index contributed by atoms with van der Waals surface area (Å²) in [5.41, 5.74) is -3.63. The average Bonchev–Trinajstić information content (AvgIpc) is 2.87. The van der Waals surface area contributed by atoms with Gasteiger partial charge < -0.3 is 5.32 Å². The summed E-state index contributed by atoms with van der Waals surface area (Å²) in [7, 11) is 0. The van der Waals surface area contributed by atoms with Gasteiger partial charge in [-0.1, -0.05) is 5.21 Å². The third-order valence-electron chi connectivity index (χ3n) is 3.26. The molecule has 0 aliphatic rings. The molecule has 2 rings (SSSR count). The zero-order chi connectivity index (χ0) is 19.0. The number of rotatable bonds is 3. The molecule has 0 aliphatic heterocycles. The van der Waals surface area contributed by atoms with Crippen LogP contribution in [0.3, 0.4) is 0 Å². The van der Waals surface area contributed by atoms with E-state index in [1.807, 2.05) is 0 Å². The third kappa shape index (κ3) is 3.91. The predicted octanol–water partition coefficient (Wildman–Crippen LogP) is 3.36. The number of hydrogen-bond donors (Lipinski definition) is 1. The van der Waals surface area contributed by atoms with Gasteiger partial charge in [-0.2, -0.15) is 26.3 Å². The van der Waals surface area contributed by atoms with Gasteiger partial charge in [-0.05, 0) is 32.0 Å². The monoisotopic (exact) mass is 366 g/mol. The number of nitrogens with one attached hydrogen (secondary N) is 1. The average molecular weight is 366 g/mol. The fraction of sp³-hybridized carbons (Fsp3) is 0.357. The molecule has 1 heterocycles. The lowest BCUT2D eigenvalue weighted by Crippen LogP contribution is -2.24. The van der Waals surface area contributed by atoms with Crippen molar-refractivity contribution in [1.82, 2.24) is 20.3 Å². The quantitative estimate of drug-likeness (QED) is 0.848. The summed E-state index contributed by atoms with van der Waals surface area (Å²) in [4.78, 5) is 11.8. The Morgan fingerprint density at radius 2 is 1.60 bits per heavy atom. The molecule has 0 saturated heterocycles. The number of benzene rings is 1. The highest BCUT2D eigenvalue weighted by Crippen LogP contribution is 2.37. The number of carbonyl (C=O) groups excluding carboxylic acids is 1. The molecule has 2 aromatic rings. The Labute approximate surface area is 137 Å². The van der Waals surface area contributed by atoms with Crippen molar-refractivity contribution in [2.45, 2.75) is 26.2 Å². The Morgan fingerprint density at radius 3 is 2.04 bits per heavy atom. The summed E-state index contributed by atoms with van der Waals surface area (Å²) in [6.45, 7) is 3.23. The van der Waals surface area contributed by atoms with Crippen molar-refractivity contribution in [2.75, 3.05) is 6.54 Å². The number of hydrogen-bond acceptors (Lipinski definition) is 3.